The molecule has 0 aliphatic rings. The molecule has 9 heteroatoms. The number of aliphatic hydroxyl groups is 1. The van der Waals surface area contributed by atoms with Crippen LogP contribution in [0.4, 0.5) is 0 Å². The average Bonchev–Trinajstić information content (AvgIpc) is 3.14. The maximum atomic E-state index is 12.7. The van der Waals surface area contributed by atoms with Crippen LogP contribution in [0.15, 0.2) is 48.6 Å². The van der Waals surface area contributed by atoms with Gasteiger partial charge in [-0.05, 0) is 83.1 Å². The molecule has 0 bridgehead atoms. The Hall–Kier alpha value is -3.20. The summed E-state index contributed by atoms with van der Waals surface area (Å²) in [4.78, 5) is 47.5. The fraction of sp³-hybridized carbons (Fsp3) is 0.727. The molecular weight excluding hydrogens is 668 g/mol. The van der Waals surface area contributed by atoms with Crippen LogP contribution in [0.3, 0.4) is 0 Å². The number of hydrogen-bond acceptors (Lipinski definition) is 6. The molecule has 0 aromatic rings. The smallest absolute Gasteiger partial charge is 0.328 e. The molecule has 0 aromatic carbocycles. The lowest BCUT2D eigenvalue weighted by Crippen LogP contribution is -2.47. The van der Waals surface area contributed by atoms with E-state index in [0.29, 0.717) is 12.8 Å². The standard InChI is InChI=1S/C44H76N2O7/c1-3-5-7-9-11-13-14-15-16-17-18-19-20-22-24-26-32-36-43(50)53-39(33-29-25-23-21-12-10-8-6-4-2)34-30-27-28-31-35-41(48)45-37-42(49)46-40(38-47)44(51)52/h11,13,15-16,21,23,29,33,39-40,47H,3-10,12,14,17-20,22,24-28,30-32,34-38H2,1-2H3,(H,45,48)(H,46,49)(H,51,52)/b13-11-,16-15-,23-21-,33-29-. The van der Waals surface area contributed by atoms with Crippen molar-refractivity contribution in [3.8, 4) is 0 Å². The predicted octanol–water partition coefficient (Wildman–Crippen LogP) is 9.98. The maximum absolute atomic E-state index is 12.7. The van der Waals surface area contributed by atoms with Gasteiger partial charge < -0.3 is 25.6 Å². The molecule has 2 atom stereocenters. The molecule has 9 nitrogen and oxygen atoms in total. The fourth-order valence-corrected chi connectivity index (χ4v) is 5.75. The molecule has 2 unspecified atom stereocenters. The van der Waals surface area contributed by atoms with E-state index in [1.807, 2.05) is 6.08 Å². The number of carbonyl (C=O) groups is 4. The van der Waals surface area contributed by atoms with Crippen molar-refractivity contribution >= 4 is 23.8 Å². The third kappa shape index (κ3) is 35.6. The van der Waals surface area contributed by atoms with Gasteiger partial charge in [0.2, 0.25) is 11.8 Å². The lowest BCUT2D eigenvalue weighted by Gasteiger charge is -2.15. The molecule has 0 radical (unpaired) electrons. The van der Waals surface area contributed by atoms with Crippen LogP contribution < -0.4 is 10.6 Å². The molecule has 0 saturated carbocycles. The third-order valence-corrected chi connectivity index (χ3v) is 9.03. The zero-order valence-corrected chi connectivity index (χ0v) is 33.5. The minimum absolute atomic E-state index is 0.136. The summed E-state index contributed by atoms with van der Waals surface area (Å²) in [6.07, 6.45) is 44.4. The SMILES string of the molecule is CCCCC/C=C\C/C=C\CCCCCCCCCC(=O)OC(/C=C\C/C=C\CCCCCC)CCCCCCC(=O)NCC(=O)NC(CO)C(=O)O. The molecule has 2 amide bonds. The largest absolute Gasteiger partial charge is 0.480 e. The summed E-state index contributed by atoms with van der Waals surface area (Å²) < 4.78 is 5.89. The first-order valence-electron chi connectivity index (χ1n) is 21.0. The van der Waals surface area contributed by atoms with Crippen LogP contribution in [0.25, 0.3) is 0 Å². The van der Waals surface area contributed by atoms with E-state index in [1.165, 1.54) is 77.0 Å². The van der Waals surface area contributed by atoms with E-state index in [0.717, 1.165) is 70.6 Å². The van der Waals surface area contributed by atoms with Crippen LogP contribution >= 0.6 is 0 Å². The summed E-state index contributed by atoms with van der Waals surface area (Å²) in [6, 6.07) is -1.39. The van der Waals surface area contributed by atoms with Gasteiger partial charge in [-0.25, -0.2) is 4.79 Å². The van der Waals surface area contributed by atoms with Gasteiger partial charge in [0, 0.05) is 12.8 Å². The van der Waals surface area contributed by atoms with Crippen molar-refractivity contribution in [3.63, 3.8) is 0 Å². The number of carbonyl (C=O) groups excluding carboxylic acids is 3. The number of carboxylic acid groups (broad SMARTS) is 1. The number of esters is 1. The maximum Gasteiger partial charge on any atom is 0.328 e. The van der Waals surface area contributed by atoms with E-state index in [4.69, 9.17) is 14.9 Å². The number of nitrogens with one attached hydrogen (secondary N) is 2. The Kier molecular flexibility index (Phi) is 36.2. The Morgan fingerprint density at radius 1 is 0.585 bits per heavy atom. The number of rotatable bonds is 37. The summed E-state index contributed by atoms with van der Waals surface area (Å²) in [7, 11) is 0. The molecule has 0 aliphatic heterocycles. The van der Waals surface area contributed by atoms with Crippen molar-refractivity contribution in [2.24, 2.45) is 0 Å². The van der Waals surface area contributed by atoms with E-state index in [2.05, 4.69) is 67.0 Å². The van der Waals surface area contributed by atoms with Gasteiger partial charge in [-0.1, -0.05) is 133 Å². The number of ether oxygens (including phenoxy) is 1. The first-order valence-corrected chi connectivity index (χ1v) is 21.0. The van der Waals surface area contributed by atoms with Crippen LogP contribution in [0, 0.1) is 0 Å². The second kappa shape index (κ2) is 38.5. The molecule has 304 valence electrons. The number of carboxylic acids is 1. The van der Waals surface area contributed by atoms with Gasteiger partial charge in [0.25, 0.3) is 0 Å². The zero-order chi connectivity index (χ0) is 39.0. The molecule has 0 saturated heterocycles. The second-order valence-electron chi connectivity index (χ2n) is 14.1. The van der Waals surface area contributed by atoms with Gasteiger partial charge in [0.15, 0.2) is 0 Å². The number of aliphatic carboxylic acids is 1. The van der Waals surface area contributed by atoms with E-state index in [-0.39, 0.29) is 30.9 Å². The second-order valence-corrected chi connectivity index (χ2v) is 14.1. The third-order valence-electron chi connectivity index (χ3n) is 9.03. The highest BCUT2D eigenvalue weighted by Crippen LogP contribution is 2.15. The molecule has 0 aliphatic carbocycles. The van der Waals surface area contributed by atoms with Gasteiger partial charge in [-0.2, -0.15) is 0 Å². The van der Waals surface area contributed by atoms with Crippen LogP contribution in [0.2, 0.25) is 0 Å². The summed E-state index contributed by atoms with van der Waals surface area (Å²) in [5.41, 5.74) is 0. The van der Waals surface area contributed by atoms with Gasteiger partial charge in [0.1, 0.15) is 12.1 Å². The number of amides is 2. The van der Waals surface area contributed by atoms with Gasteiger partial charge in [0.05, 0.1) is 13.2 Å². The molecular formula is C44H76N2O7. The van der Waals surface area contributed by atoms with Crippen LogP contribution in [-0.2, 0) is 23.9 Å². The molecule has 0 rings (SSSR count). The molecule has 0 fully saturated rings. The highest BCUT2D eigenvalue weighted by atomic mass is 16.5. The fourth-order valence-electron chi connectivity index (χ4n) is 5.75. The molecule has 4 N–H and O–H groups in total. The van der Waals surface area contributed by atoms with Crippen molar-refractivity contribution < 1.29 is 34.1 Å². The van der Waals surface area contributed by atoms with Gasteiger partial charge in [-0.15, -0.1) is 0 Å². The molecule has 53 heavy (non-hydrogen) atoms. The Labute approximate surface area is 322 Å². The zero-order valence-electron chi connectivity index (χ0n) is 33.5. The molecule has 0 aromatic heterocycles. The quantitative estimate of drug-likeness (QED) is 0.0282. The first kappa shape index (κ1) is 49.8. The normalized spacial score (nSPS) is 13.0. The van der Waals surface area contributed by atoms with Crippen molar-refractivity contribution in [2.45, 2.75) is 193 Å². The summed E-state index contributed by atoms with van der Waals surface area (Å²) in [5.74, 6) is -2.43. The lowest BCUT2D eigenvalue weighted by atomic mass is 10.1. The van der Waals surface area contributed by atoms with Crippen molar-refractivity contribution in [1.82, 2.24) is 10.6 Å². The Morgan fingerprint density at radius 3 is 1.66 bits per heavy atom. The minimum atomic E-state index is -1.39. The Morgan fingerprint density at radius 2 is 1.08 bits per heavy atom. The topological polar surface area (TPSA) is 142 Å². The lowest BCUT2D eigenvalue weighted by molar-refractivity contribution is -0.147. The van der Waals surface area contributed by atoms with E-state index in [9.17, 15) is 19.2 Å². The van der Waals surface area contributed by atoms with Crippen LogP contribution in [-0.4, -0.2) is 59.3 Å². The van der Waals surface area contributed by atoms with Crippen LogP contribution in [0.1, 0.15) is 181 Å². The van der Waals surface area contributed by atoms with Crippen LogP contribution in [0.5, 0.6) is 0 Å². The van der Waals surface area contributed by atoms with E-state index >= 15 is 0 Å². The average molecular weight is 745 g/mol. The predicted molar refractivity (Wildman–Crippen MR) is 217 cm³/mol. The van der Waals surface area contributed by atoms with Crippen molar-refractivity contribution in [1.29, 1.82) is 0 Å². The summed E-state index contributed by atoms with van der Waals surface area (Å²) in [5, 5.41) is 22.5. The van der Waals surface area contributed by atoms with Crippen molar-refractivity contribution in [2.75, 3.05) is 13.2 Å². The van der Waals surface area contributed by atoms with Gasteiger partial charge in [-0.3, -0.25) is 14.4 Å². The van der Waals surface area contributed by atoms with E-state index in [1.54, 1.807) is 0 Å². The molecule has 0 spiro atoms. The van der Waals surface area contributed by atoms with Crippen molar-refractivity contribution in [3.05, 3.63) is 48.6 Å². The highest BCUT2D eigenvalue weighted by Gasteiger charge is 2.18. The Bertz CT molecular complexity index is 1040. The molecule has 0 heterocycles. The summed E-state index contributed by atoms with van der Waals surface area (Å²) >= 11 is 0. The highest BCUT2D eigenvalue weighted by molar-refractivity contribution is 5.87. The Balaban J connectivity index is 4.34. The monoisotopic (exact) mass is 745 g/mol. The minimum Gasteiger partial charge on any atom is -0.480 e. The van der Waals surface area contributed by atoms with Gasteiger partial charge >= 0.3 is 11.9 Å². The first-order chi connectivity index (χ1) is 25.8. The van der Waals surface area contributed by atoms with E-state index < -0.39 is 24.5 Å². The number of allylic oxidation sites excluding steroid dienone is 7. The number of unbranched alkanes of at least 4 members (excludes halogenated alkanes) is 17. The number of hydrogen-bond donors (Lipinski definition) is 4. The summed E-state index contributed by atoms with van der Waals surface area (Å²) in [6.45, 7) is 3.39. The number of aliphatic hydroxyl groups excluding tert-OH is 1.